The molecule has 28 heavy (non-hydrogen) atoms. The van der Waals surface area contributed by atoms with Gasteiger partial charge in [-0.2, -0.15) is 0 Å². The Morgan fingerprint density at radius 2 is 1.64 bits per heavy atom. The molecule has 0 bridgehead atoms. The van der Waals surface area contributed by atoms with Gasteiger partial charge in [-0.25, -0.2) is 4.79 Å². The molecule has 0 heterocycles. The minimum atomic E-state index is -1.46. The monoisotopic (exact) mass is 385 g/mol. The molecule has 0 aliphatic carbocycles. The van der Waals surface area contributed by atoms with Crippen molar-refractivity contribution in [1.29, 1.82) is 0 Å². The van der Waals surface area contributed by atoms with Crippen molar-refractivity contribution in [1.82, 2.24) is 10.6 Å². The molecule has 0 aromatic heterocycles. The van der Waals surface area contributed by atoms with Gasteiger partial charge in [0, 0.05) is 0 Å². The average molecular weight is 385 g/mol. The van der Waals surface area contributed by atoms with Crippen molar-refractivity contribution in [3.63, 3.8) is 0 Å². The number of alkyl carbamates (subject to hydrolysis) is 1. The first-order chi connectivity index (χ1) is 13.3. The molecule has 0 fully saturated rings. The number of aromatic hydroxyl groups is 1. The van der Waals surface area contributed by atoms with Crippen LogP contribution in [0.4, 0.5) is 4.79 Å². The predicted molar refractivity (Wildman–Crippen MR) is 98.0 cm³/mol. The molecule has 2 aromatic carbocycles. The number of rotatable bonds is 8. The third kappa shape index (κ3) is 6.64. The van der Waals surface area contributed by atoms with Gasteiger partial charge in [0.05, 0.1) is 12.0 Å². The van der Waals surface area contributed by atoms with Crippen LogP contribution in [0.5, 0.6) is 5.75 Å². The summed E-state index contributed by atoms with van der Waals surface area (Å²) in [7, 11) is 0. The van der Waals surface area contributed by atoms with Crippen LogP contribution in [0.1, 0.15) is 18.1 Å². The third-order valence-electron chi connectivity index (χ3n) is 3.92. The van der Waals surface area contributed by atoms with Crippen LogP contribution >= 0.6 is 0 Å². The Hall–Kier alpha value is -3.55. The van der Waals surface area contributed by atoms with E-state index in [9.17, 15) is 24.6 Å². The number of hydrogen-bond donors (Lipinski definition) is 3. The summed E-state index contributed by atoms with van der Waals surface area (Å²) < 4.78 is 5.03. The van der Waals surface area contributed by atoms with Crippen LogP contribution in [0.3, 0.4) is 0 Å². The first-order valence-corrected chi connectivity index (χ1v) is 8.61. The van der Waals surface area contributed by atoms with E-state index in [0.717, 1.165) is 5.56 Å². The standard InChI is InChI=1S/C20H22N2O6/c1-13(21-20(27)28-12-15-5-3-2-4-6-15)18(24)22-17(19(25)26)11-14-7-9-16(23)10-8-14/h2-10,13,17,23H,11-12H2,1H3,(H,21,27)(H,22,24)(H,25,26)/p-1/t13-,17-/m0/s1. The molecule has 0 spiro atoms. The lowest BCUT2D eigenvalue weighted by atomic mass is 10.1. The lowest BCUT2D eigenvalue weighted by molar-refractivity contribution is -0.308. The maximum atomic E-state index is 12.2. The van der Waals surface area contributed by atoms with Crippen molar-refractivity contribution >= 4 is 18.0 Å². The number of hydrogen-bond acceptors (Lipinski definition) is 6. The molecule has 0 aliphatic heterocycles. The fourth-order valence-corrected chi connectivity index (χ4v) is 2.36. The van der Waals surface area contributed by atoms with E-state index in [1.54, 1.807) is 36.4 Å². The Balaban J connectivity index is 1.85. The number of phenolic OH excluding ortho intramolecular Hbond substituents is 1. The number of carbonyl (C=O) groups excluding carboxylic acids is 3. The Morgan fingerprint density at radius 1 is 1.00 bits per heavy atom. The highest BCUT2D eigenvalue weighted by molar-refractivity contribution is 5.88. The number of phenols is 1. The molecule has 0 radical (unpaired) electrons. The van der Waals surface area contributed by atoms with E-state index in [-0.39, 0.29) is 18.8 Å². The van der Waals surface area contributed by atoms with E-state index in [2.05, 4.69) is 10.6 Å². The minimum absolute atomic E-state index is 0.0282. The maximum Gasteiger partial charge on any atom is 0.408 e. The lowest BCUT2D eigenvalue weighted by Crippen LogP contribution is -2.54. The van der Waals surface area contributed by atoms with Gasteiger partial charge in [-0.3, -0.25) is 4.79 Å². The summed E-state index contributed by atoms with van der Waals surface area (Å²) in [5, 5.41) is 25.3. The summed E-state index contributed by atoms with van der Waals surface area (Å²) in [6.45, 7) is 1.45. The fraction of sp³-hybridized carbons (Fsp3) is 0.250. The summed E-state index contributed by atoms with van der Waals surface area (Å²) in [4.78, 5) is 35.3. The van der Waals surface area contributed by atoms with Gasteiger partial charge in [-0.15, -0.1) is 0 Å². The molecule has 0 aliphatic rings. The fourth-order valence-electron chi connectivity index (χ4n) is 2.36. The zero-order chi connectivity index (χ0) is 20.5. The molecule has 8 nitrogen and oxygen atoms in total. The van der Waals surface area contributed by atoms with Crippen molar-refractivity contribution < 1.29 is 29.3 Å². The quantitative estimate of drug-likeness (QED) is 0.607. The molecule has 148 valence electrons. The summed E-state index contributed by atoms with van der Waals surface area (Å²) in [6.07, 6.45) is -0.825. The van der Waals surface area contributed by atoms with Gasteiger partial charge in [0.2, 0.25) is 5.91 Å². The zero-order valence-corrected chi connectivity index (χ0v) is 15.3. The molecule has 3 N–H and O–H groups in total. The molecule has 2 atom stereocenters. The summed E-state index contributed by atoms with van der Waals surface area (Å²) >= 11 is 0. The summed E-state index contributed by atoms with van der Waals surface area (Å²) in [6, 6.07) is 12.6. The van der Waals surface area contributed by atoms with E-state index in [4.69, 9.17) is 4.74 Å². The normalized spacial score (nSPS) is 12.5. The number of carbonyl (C=O) groups is 3. The van der Waals surface area contributed by atoms with Gasteiger partial charge in [0.15, 0.2) is 0 Å². The molecule has 0 saturated heterocycles. The van der Waals surface area contributed by atoms with Crippen molar-refractivity contribution in [2.75, 3.05) is 0 Å². The molecule has 0 saturated carbocycles. The van der Waals surface area contributed by atoms with Gasteiger partial charge in [0.25, 0.3) is 0 Å². The lowest BCUT2D eigenvalue weighted by Gasteiger charge is -2.22. The highest BCUT2D eigenvalue weighted by Gasteiger charge is 2.21. The maximum absolute atomic E-state index is 12.2. The number of nitrogens with one attached hydrogen (secondary N) is 2. The van der Waals surface area contributed by atoms with Crippen LogP contribution < -0.4 is 15.7 Å². The second kappa shape index (κ2) is 9.96. The third-order valence-corrected chi connectivity index (χ3v) is 3.92. The molecule has 2 rings (SSSR count). The average Bonchev–Trinajstić information content (AvgIpc) is 2.68. The second-order valence-corrected chi connectivity index (χ2v) is 6.18. The molecule has 2 aromatic rings. The van der Waals surface area contributed by atoms with Crippen LogP contribution in [0, 0.1) is 0 Å². The molecule has 0 unspecified atom stereocenters. The first-order valence-electron chi connectivity index (χ1n) is 8.61. The Morgan fingerprint density at radius 3 is 2.25 bits per heavy atom. The van der Waals surface area contributed by atoms with E-state index >= 15 is 0 Å². The van der Waals surface area contributed by atoms with Gasteiger partial charge in [-0.05, 0) is 36.6 Å². The number of benzene rings is 2. The van der Waals surface area contributed by atoms with Gasteiger partial charge >= 0.3 is 6.09 Å². The highest BCUT2D eigenvalue weighted by atomic mass is 16.5. The summed E-state index contributed by atoms with van der Waals surface area (Å²) in [5.74, 6) is -2.10. The SMILES string of the molecule is C[C@H](NC(=O)OCc1ccccc1)C(=O)N[C@@H](Cc1ccc(O)cc1)C(=O)[O-]. The van der Waals surface area contributed by atoms with E-state index in [1.165, 1.54) is 19.1 Å². The van der Waals surface area contributed by atoms with Crippen LogP contribution in [-0.4, -0.2) is 35.2 Å². The van der Waals surface area contributed by atoms with Crippen LogP contribution in [0.25, 0.3) is 0 Å². The number of carboxylic acids is 1. The largest absolute Gasteiger partial charge is 0.548 e. The molecular formula is C20H21N2O6-. The van der Waals surface area contributed by atoms with Crippen LogP contribution in [0.2, 0.25) is 0 Å². The number of carboxylic acid groups (broad SMARTS) is 1. The molecular weight excluding hydrogens is 364 g/mol. The zero-order valence-electron chi connectivity index (χ0n) is 15.3. The van der Waals surface area contributed by atoms with Crippen molar-refractivity contribution in [3.8, 4) is 5.75 Å². The van der Waals surface area contributed by atoms with Crippen LogP contribution in [0.15, 0.2) is 54.6 Å². The Labute approximate surface area is 162 Å². The molecule has 2 amide bonds. The summed E-state index contributed by atoms with van der Waals surface area (Å²) in [5.41, 5.74) is 1.39. The number of ether oxygens (including phenoxy) is 1. The Kier molecular flexibility index (Phi) is 7.38. The van der Waals surface area contributed by atoms with Crippen molar-refractivity contribution in [2.45, 2.75) is 32.0 Å². The number of amides is 2. The Bertz CT molecular complexity index is 807. The van der Waals surface area contributed by atoms with E-state index in [1.807, 2.05) is 6.07 Å². The van der Waals surface area contributed by atoms with Crippen molar-refractivity contribution in [2.24, 2.45) is 0 Å². The minimum Gasteiger partial charge on any atom is -0.548 e. The molecule has 8 heteroatoms. The van der Waals surface area contributed by atoms with Crippen LogP contribution in [-0.2, 0) is 27.4 Å². The first kappa shape index (κ1) is 20.8. The van der Waals surface area contributed by atoms with Crippen molar-refractivity contribution in [3.05, 3.63) is 65.7 Å². The topological polar surface area (TPSA) is 128 Å². The smallest absolute Gasteiger partial charge is 0.408 e. The predicted octanol–water partition coefficient (Wildman–Crippen LogP) is 0.484. The van der Waals surface area contributed by atoms with Gasteiger partial charge in [0.1, 0.15) is 18.4 Å². The second-order valence-electron chi connectivity index (χ2n) is 6.18. The van der Waals surface area contributed by atoms with E-state index < -0.39 is 30.1 Å². The van der Waals surface area contributed by atoms with Gasteiger partial charge in [-0.1, -0.05) is 42.5 Å². The highest BCUT2D eigenvalue weighted by Crippen LogP contribution is 2.11. The van der Waals surface area contributed by atoms with E-state index in [0.29, 0.717) is 5.56 Å². The van der Waals surface area contributed by atoms with Gasteiger partial charge < -0.3 is 30.4 Å². The number of aliphatic carboxylic acids is 1.